The van der Waals surface area contributed by atoms with Crippen molar-refractivity contribution in [2.75, 3.05) is 0 Å². The first-order valence-electron chi connectivity index (χ1n) is 6.25. The SMILES string of the molecule is O=C(O)c1cc(S(=O)(=O)[O-])ccc1O.c1ccc2[nH+]c[nH]c2c1. The van der Waals surface area contributed by atoms with E-state index in [9.17, 15) is 17.8 Å². The standard InChI is InChI=1S/C7H6N2.C7H6O6S/c1-2-4-7-6(3-1)8-5-9-7;8-6-2-1-4(14(11,12)13)3-5(6)7(9)10/h1-5H,(H,8,9);1-3,8H,(H,9,10)(H,11,12,13). The highest BCUT2D eigenvalue weighted by Crippen LogP contribution is 2.20. The highest BCUT2D eigenvalue weighted by Gasteiger charge is 2.12. The van der Waals surface area contributed by atoms with Crippen LogP contribution in [0, 0.1) is 0 Å². The molecule has 3 aromatic rings. The molecule has 0 spiro atoms. The molecule has 120 valence electrons. The molecule has 0 aliphatic rings. The van der Waals surface area contributed by atoms with Crippen LogP contribution in [-0.2, 0) is 10.1 Å². The van der Waals surface area contributed by atoms with Gasteiger partial charge in [0.1, 0.15) is 21.4 Å². The minimum atomic E-state index is -4.70. The summed E-state index contributed by atoms with van der Waals surface area (Å²) in [6, 6.07) is 10.4. The molecule has 0 saturated heterocycles. The number of hydrogen-bond acceptors (Lipinski definition) is 5. The van der Waals surface area contributed by atoms with Crippen molar-refractivity contribution in [2.45, 2.75) is 4.90 Å². The number of carbonyl (C=O) groups is 1. The number of aromatic amines is 2. The normalized spacial score (nSPS) is 10.8. The van der Waals surface area contributed by atoms with E-state index in [0.717, 1.165) is 23.2 Å². The van der Waals surface area contributed by atoms with Crippen LogP contribution in [0.5, 0.6) is 5.75 Å². The van der Waals surface area contributed by atoms with Crippen molar-refractivity contribution in [1.82, 2.24) is 4.98 Å². The van der Waals surface area contributed by atoms with Crippen LogP contribution in [0.25, 0.3) is 11.0 Å². The molecule has 8 nitrogen and oxygen atoms in total. The lowest BCUT2D eigenvalue weighted by atomic mass is 10.2. The maximum absolute atomic E-state index is 10.5. The van der Waals surface area contributed by atoms with E-state index in [0.29, 0.717) is 6.07 Å². The molecule has 0 amide bonds. The molecule has 0 unspecified atom stereocenters. The fourth-order valence-electron chi connectivity index (χ4n) is 1.77. The van der Waals surface area contributed by atoms with E-state index in [1.54, 1.807) is 0 Å². The van der Waals surface area contributed by atoms with E-state index < -0.39 is 32.3 Å². The summed E-state index contributed by atoms with van der Waals surface area (Å²) in [5.74, 6) is -2.10. The third-order valence-corrected chi connectivity index (χ3v) is 3.70. The van der Waals surface area contributed by atoms with Crippen LogP contribution in [0.15, 0.2) is 53.7 Å². The molecule has 0 radical (unpaired) electrons. The molecule has 0 atom stereocenters. The van der Waals surface area contributed by atoms with Crippen molar-refractivity contribution >= 4 is 27.1 Å². The van der Waals surface area contributed by atoms with Gasteiger partial charge in [-0.05, 0) is 30.3 Å². The zero-order valence-corrected chi connectivity index (χ0v) is 12.4. The van der Waals surface area contributed by atoms with Crippen LogP contribution in [0.4, 0.5) is 0 Å². The fourth-order valence-corrected chi connectivity index (χ4v) is 2.27. The smallest absolute Gasteiger partial charge is 0.339 e. The van der Waals surface area contributed by atoms with E-state index >= 15 is 0 Å². The number of carboxylic acid groups (broad SMARTS) is 1. The van der Waals surface area contributed by atoms with E-state index in [4.69, 9.17) is 10.2 Å². The minimum absolute atomic E-state index is 0.593. The number of aromatic carboxylic acids is 1. The molecule has 0 saturated carbocycles. The third-order valence-electron chi connectivity index (χ3n) is 2.87. The molecule has 4 N–H and O–H groups in total. The number of hydrogen-bond donors (Lipinski definition) is 3. The summed E-state index contributed by atoms with van der Waals surface area (Å²) in [6.45, 7) is 0. The van der Waals surface area contributed by atoms with Crippen LogP contribution >= 0.6 is 0 Å². The predicted molar refractivity (Wildman–Crippen MR) is 77.9 cm³/mol. The van der Waals surface area contributed by atoms with Crippen molar-refractivity contribution in [3.8, 4) is 5.75 Å². The Morgan fingerprint density at radius 3 is 2.48 bits per heavy atom. The molecule has 2 aromatic carbocycles. The number of nitrogens with one attached hydrogen (secondary N) is 2. The van der Waals surface area contributed by atoms with Gasteiger partial charge in [0, 0.05) is 0 Å². The molecular formula is C14H12N2O6S. The minimum Gasteiger partial charge on any atom is -0.744 e. The number of rotatable bonds is 2. The van der Waals surface area contributed by atoms with Crippen molar-refractivity contribution in [1.29, 1.82) is 0 Å². The molecular weight excluding hydrogens is 324 g/mol. The molecule has 1 heterocycles. The van der Waals surface area contributed by atoms with E-state index in [1.807, 2.05) is 30.6 Å². The van der Waals surface area contributed by atoms with Gasteiger partial charge in [0.05, 0.1) is 4.90 Å². The lowest BCUT2D eigenvalue weighted by molar-refractivity contribution is -0.344. The summed E-state index contributed by atoms with van der Waals surface area (Å²) in [4.78, 5) is 15.9. The number of H-pyrrole nitrogens is 2. The van der Waals surface area contributed by atoms with E-state index in [2.05, 4.69) is 9.97 Å². The first kappa shape index (κ1) is 16.5. The quantitative estimate of drug-likeness (QED) is 0.595. The van der Waals surface area contributed by atoms with Gasteiger partial charge in [0.15, 0.2) is 11.0 Å². The zero-order valence-electron chi connectivity index (χ0n) is 11.6. The van der Waals surface area contributed by atoms with Gasteiger partial charge < -0.3 is 14.8 Å². The number of fused-ring (bicyclic) bond motifs is 1. The van der Waals surface area contributed by atoms with Crippen LogP contribution < -0.4 is 4.98 Å². The number of aromatic nitrogens is 2. The van der Waals surface area contributed by atoms with E-state index in [-0.39, 0.29) is 0 Å². The van der Waals surface area contributed by atoms with Gasteiger partial charge in [-0.15, -0.1) is 0 Å². The van der Waals surface area contributed by atoms with Gasteiger partial charge in [-0.3, -0.25) is 0 Å². The number of carboxylic acids is 1. The highest BCUT2D eigenvalue weighted by molar-refractivity contribution is 7.85. The van der Waals surface area contributed by atoms with Crippen molar-refractivity contribution < 1.29 is 33.0 Å². The summed E-state index contributed by atoms with van der Waals surface area (Å²) in [6.07, 6.45) is 1.82. The van der Waals surface area contributed by atoms with Crippen LogP contribution in [0.3, 0.4) is 0 Å². The molecule has 0 bridgehead atoms. The number of imidazole rings is 1. The Balaban J connectivity index is 0.000000182. The summed E-state index contributed by atoms with van der Waals surface area (Å²) < 4.78 is 31.5. The molecule has 23 heavy (non-hydrogen) atoms. The average Bonchev–Trinajstić information content (AvgIpc) is 2.95. The first-order valence-corrected chi connectivity index (χ1v) is 7.66. The largest absolute Gasteiger partial charge is 0.744 e. The molecule has 3 rings (SSSR count). The second-order valence-electron chi connectivity index (χ2n) is 4.42. The number of phenols is 1. The van der Waals surface area contributed by atoms with Gasteiger partial charge in [0.25, 0.3) is 0 Å². The summed E-state index contributed by atoms with van der Waals surface area (Å²) in [5.41, 5.74) is 1.68. The summed E-state index contributed by atoms with van der Waals surface area (Å²) in [5, 5.41) is 17.5. The summed E-state index contributed by atoms with van der Waals surface area (Å²) in [7, 11) is -4.70. The topological polar surface area (TPSA) is 145 Å². The monoisotopic (exact) mass is 336 g/mol. The highest BCUT2D eigenvalue weighted by atomic mass is 32.2. The molecule has 1 aromatic heterocycles. The lowest BCUT2D eigenvalue weighted by Gasteiger charge is -2.08. The third kappa shape index (κ3) is 4.05. The van der Waals surface area contributed by atoms with Crippen LogP contribution in [-0.4, -0.2) is 34.1 Å². The molecule has 0 aliphatic heterocycles. The van der Waals surface area contributed by atoms with Crippen LogP contribution in [0.2, 0.25) is 0 Å². The number of aromatic hydroxyl groups is 1. The Bertz CT molecular complexity index is 919. The maximum atomic E-state index is 10.5. The Kier molecular flexibility index (Phi) is 4.63. The Labute approximate surface area is 130 Å². The second kappa shape index (κ2) is 6.46. The number of benzene rings is 2. The lowest BCUT2D eigenvalue weighted by Crippen LogP contribution is -2.02. The van der Waals surface area contributed by atoms with Crippen molar-refractivity contribution in [3.05, 3.63) is 54.4 Å². The van der Waals surface area contributed by atoms with Gasteiger partial charge in [-0.2, -0.15) is 0 Å². The van der Waals surface area contributed by atoms with Crippen molar-refractivity contribution in [2.24, 2.45) is 0 Å². The first-order chi connectivity index (χ1) is 10.8. The van der Waals surface area contributed by atoms with Gasteiger partial charge in [-0.1, -0.05) is 12.1 Å². The Morgan fingerprint density at radius 1 is 1.17 bits per heavy atom. The van der Waals surface area contributed by atoms with Crippen molar-refractivity contribution in [3.63, 3.8) is 0 Å². The number of para-hydroxylation sites is 2. The maximum Gasteiger partial charge on any atom is 0.339 e. The Morgan fingerprint density at radius 2 is 1.87 bits per heavy atom. The molecule has 9 heteroatoms. The van der Waals surface area contributed by atoms with Gasteiger partial charge in [0.2, 0.25) is 6.33 Å². The summed E-state index contributed by atoms with van der Waals surface area (Å²) >= 11 is 0. The Hall–Kier alpha value is -2.91. The second-order valence-corrected chi connectivity index (χ2v) is 5.80. The zero-order chi connectivity index (χ0) is 17.0. The fraction of sp³-hybridized carbons (Fsp3) is 0. The van der Waals surface area contributed by atoms with Gasteiger partial charge in [-0.25, -0.2) is 23.2 Å². The van der Waals surface area contributed by atoms with Gasteiger partial charge >= 0.3 is 5.97 Å². The molecule has 0 aliphatic carbocycles. The van der Waals surface area contributed by atoms with E-state index in [1.165, 1.54) is 0 Å². The average molecular weight is 336 g/mol. The van der Waals surface area contributed by atoms with Crippen LogP contribution in [0.1, 0.15) is 10.4 Å². The predicted octanol–water partition coefficient (Wildman–Crippen LogP) is 0.976. The molecule has 0 fully saturated rings.